The molecule has 0 aromatic rings. The highest BCUT2D eigenvalue weighted by Crippen LogP contribution is 2.67. The van der Waals surface area contributed by atoms with Crippen LogP contribution in [0.25, 0.3) is 0 Å². The van der Waals surface area contributed by atoms with Gasteiger partial charge in [-0.25, -0.2) is 0 Å². The zero-order valence-electron chi connectivity index (χ0n) is 20.5. The Bertz CT molecular complexity index is 779. The molecule has 0 bridgehead atoms. The van der Waals surface area contributed by atoms with Crippen LogP contribution in [0.15, 0.2) is 23.8 Å². The molecule has 32 heavy (non-hydrogen) atoms. The van der Waals surface area contributed by atoms with Crippen LogP contribution in [0.5, 0.6) is 0 Å². The van der Waals surface area contributed by atoms with Gasteiger partial charge in [0.25, 0.3) is 0 Å². The molecule has 0 aromatic heterocycles. The minimum atomic E-state index is -1.19. The Morgan fingerprint density at radius 2 is 1.75 bits per heavy atom. The highest BCUT2D eigenvalue weighted by Gasteiger charge is 2.67. The van der Waals surface area contributed by atoms with Crippen molar-refractivity contribution in [1.82, 2.24) is 0 Å². The van der Waals surface area contributed by atoms with E-state index in [2.05, 4.69) is 19.9 Å². The van der Waals surface area contributed by atoms with Crippen molar-refractivity contribution in [3.05, 3.63) is 23.8 Å². The van der Waals surface area contributed by atoms with Crippen molar-refractivity contribution in [1.29, 1.82) is 0 Å². The predicted octanol–water partition coefficient (Wildman–Crippen LogP) is 3.34. The van der Waals surface area contributed by atoms with Gasteiger partial charge in [-0.2, -0.15) is 0 Å². The maximum absolute atomic E-state index is 11.6. The normalized spacial score (nSPS) is 48.6. The van der Waals surface area contributed by atoms with Gasteiger partial charge in [0.15, 0.2) is 0 Å². The van der Waals surface area contributed by atoms with Gasteiger partial charge in [-0.05, 0) is 88.9 Å². The summed E-state index contributed by atoms with van der Waals surface area (Å²) in [6.07, 6.45) is 9.33. The maximum atomic E-state index is 11.6. The summed E-state index contributed by atoms with van der Waals surface area (Å²) in [6, 6.07) is 0. The number of allylic oxidation sites excluding steroid dienone is 1. The molecule has 0 amide bonds. The van der Waals surface area contributed by atoms with Crippen molar-refractivity contribution in [2.75, 3.05) is 0 Å². The van der Waals surface area contributed by atoms with Crippen molar-refractivity contribution in [2.24, 2.45) is 34.5 Å². The van der Waals surface area contributed by atoms with E-state index in [4.69, 9.17) is 0 Å². The fourth-order valence-electron chi connectivity index (χ4n) is 8.43. The first-order valence-corrected chi connectivity index (χ1v) is 12.6. The van der Waals surface area contributed by atoms with Crippen LogP contribution in [-0.4, -0.2) is 55.0 Å². The topological polar surface area (TPSA) is 101 Å². The molecule has 0 saturated heterocycles. The molecule has 0 aliphatic heterocycles. The first-order valence-electron chi connectivity index (χ1n) is 12.6. The van der Waals surface area contributed by atoms with Gasteiger partial charge in [0.1, 0.15) is 0 Å². The summed E-state index contributed by atoms with van der Waals surface area (Å²) in [7, 11) is 0. The molecule has 0 radical (unpaired) electrons. The molecule has 182 valence electrons. The summed E-state index contributed by atoms with van der Waals surface area (Å²) in [5.41, 5.74) is -1.35. The molecule has 5 N–H and O–H groups in total. The van der Waals surface area contributed by atoms with E-state index in [-0.39, 0.29) is 17.4 Å². The molecule has 0 heterocycles. The van der Waals surface area contributed by atoms with Crippen LogP contribution in [-0.2, 0) is 0 Å². The van der Waals surface area contributed by atoms with Gasteiger partial charge in [0.05, 0.1) is 29.5 Å². The molecule has 10 atom stereocenters. The van der Waals surface area contributed by atoms with Crippen molar-refractivity contribution >= 4 is 0 Å². The average Bonchev–Trinajstić information content (AvgIpc) is 2.94. The van der Waals surface area contributed by atoms with Crippen LogP contribution in [0, 0.1) is 34.5 Å². The lowest BCUT2D eigenvalue weighted by atomic mass is 9.46. The molecule has 4 aliphatic rings. The maximum Gasteiger partial charge on any atom is 0.0771 e. The zero-order chi connectivity index (χ0) is 23.7. The summed E-state index contributed by atoms with van der Waals surface area (Å²) < 4.78 is 0. The molecular formula is C27H44O5. The number of hydrogen-bond acceptors (Lipinski definition) is 5. The molecule has 0 spiro atoms. The molecular weight excluding hydrogens is 404 g/mol. The predicted molar refractivity (Wildman–Crippen MR) is 125 cm³/mol. The quantitative estimate of drug-likeness (QED) is 0.425. The van der Waals surface area contributed by atoms with E-state index >= 15 is 0 Å². The monoisotopic (exact) mass is 448 g/mol. The fourth-order valence-corrected chi connectivity index (χ4v) is 8.43. The van der Waals surface area contributed by atoms with Gasteiger partial charge in [0, 0.05) is 11.3 Å². The van der Waals surface area contributed by atoms with Gasteiger partial charge < -0.3 is 25.5 Å². The third-order valence-corrected chi connectivity index (χ3v) is 9.95. The number of aliphatic hydroxyl groups excluding tert-OH is 3. The van der Waals surface area contributed by atoms with Crippen LogP contribution in [0.3, 0.4) is 0 Å². The first-order chi connectivity index (χ1) is 14.7. The Kier molecular flexibility index (Phi) is 6.03. The Labute approximate surface area is 193 Å². The standard InChI is InChI=1S/C27H44O5/c1-24(2,31)10-6-11-26(4,32)23-21(29)14-20-18-8-7-16-13-17(28)9-12-25(16,3)19(18)15-22(30)27(20,23)5/h6-7,10,17-23,28-32H,8-9,11-15H2,1-5H3. The van der Waals surface area contributed by atoms with Crippen molar-refractivity contribution in [3.8, 4) is 0 Å². The second-order valence-corrected chi connectivity index (χ2v) is 12.7. The van der Waals surface area contributed by atoms with Crippen molar-refractivity contribution in [3.63, 3.8) is 0 Å². The number of rotatable bonds is 4. The third kappa shape index (κ3) is 3.82. The van der Waals surface area contributed by atoms with Crippen LogP contribution in [0.2, 0.25) is 0 Å². The highest BCUT2D eigenvalue weighted by molar-refractivity contribution is 5.27. The van der Waals surface area contributed by atoms with Gasteiger partial charge in [0.2, 0.25) is 0 Å². The van der Waals surface area contributed by atoms with Crippen molar-refractivity contribution < 1.29 is 25.5 Å². The lowest BCUT2D eigenvalue weighted by Gasteiger charge is -2.60. The summed E-state index contributed by atoms with van der Waals surface area (Å²) in [6.45, 7) is 9.56. The van der Waals surface area contributed by atoms with E-state index in [1.54, 1.807) is 32.9 Å². The SMILES string of the molecule is CC(C)(O)C=CCC(C)(O)C1C(O)CC2C3CC=C4CC(O)CCC4(C)C3CC(O)C21C. The molecule has 3 saturated carbocycles. The second-order valence-electron chi connectivity index (χ2n) is 12.7. The number of hydrogen-bond donors (Lipinski definition) is 5. The van der Waals surface area contributed by atoms with E-state index < -0.39 is 34.7 Å². The van der Waals surface area contributed by atoms with E-state index in [0.29, 0.717) is 31.1 Å². The third-order valence-electron chi connectivity index (χ3n) is 9.95. The lowest BCUT2D eigenvalue weighted by Crippen LogP contribution is -2.59. The van der Waals surface area contributed by atoms with E-state index in [1.807, 2.05) is 0 Å². The van der Waals surface area contributed by atoms with Crippen molar-refractivity contribution in [2.45, 2.75) is 109 Å². The van der Waals surface area contributed by atoms with Gasteiger partial charge in [-0.3, -0.25) is 0 Å². The summed E-state index contributed by atoms with van der Waals surface area (Å²) in [5.74, 6) is 0.417. The summed E-state index contributed by atoms with van der Waals surface area (Å²) >= 11 is 0. The Balaban J connectivity index is 1.64. The molecule has 5 nitrogen and oxygen atoms in total. The molecule has 4 aliphatic carbocycles. The van der Waals surface area contributed by atoms with E-state index in [0.717, 1.165) is 25.7 Å². The summed E-state index contributed by atoms with van der Waals surface area (Å²) in [4.78, 5) is 0. The molecule has 3 fully saturated rings. The zero-order valence-corrected chi connectivity index (χ0v) is 20.5. The van der Waals surface area contributed by atoms with Gasteiger partial charge >= 0.3 is 0 Å². The Morgan fingerprint density at radius 3 is 2.41 bits per heavy atom. The molecule has 4 rings (SSSR count). The van der Waals surface area contributed by atoms with Crippen LogP contribution in [0.1, 0.15) is 79.6 Å². The lowest BCUT2D eigenvalue weighted by molar-refractivity contribution is -0.172. The average molecular weight is 449 g/mol. The van der Waals surface area contributed by atoms with Crippen LogP contribution in [0.4, 0.5) is 0 Å². The van der Waals surface area contributed by atoms with Gasteiger partial charge in [-0.1, -0.05) is 37.6 Å². The van der Waals surface area contributed by atoms with E-state index in [9.17, 15) is 25.5 Å². The fraction of sp³-hybridized carbons (Fsp3) is 0.852. The van der Waals surface area contributed by atoms with Gasteiger partial charge in [-0.15, -0.1) is 0 Å². The van der Waals surface area contributed by atoms with E-state index in [1.165, 1.54) is 5.57 Å². The second kappa shape index (κ2) is 7.91. The smallest absolute Gasteiger partial charge is 0.0771 e. The Morgan fingerprint density at radius 1 is 1.06 bits per heavy atom. The minimum absolute atomic E-state index is 0.00542. The Hall–Kier alpha value is -0.720. The highest BCUT2D eigenvalue weighted by atomic mass is 16.3. The largest absolute Gasteiger partial charge is 0.393 e. The van der Waals surface area contributed by atoms with Crippen LogP contribution < -0.4 is 0 Å². The minimum Gasteiger partial charge on any atom is -0.393 e. The molecule has 0 aromatic carbocycles. The summed E-state index contributed by atoms with van der Waals surface area (Å²) in [5, 5.41) is 54.5. The number of aliphatic hydroxyl groups is 5. The number of fused-ring (bicyclic) bond motifs is 5. The molecule has 5 heteroatoms. The van der Waals surface area contributed by atoms with Crippen LogP contribution >= 0.6 is 0 Å². The first kappa shape index (κ1) is 24.4. The molecule has 10 unspecified atom stereocenters.